The van der Waals surface area contributed by atoms with Crippen LogP contribution in [0.25, 0.3) is 0 Å². The molecule has 1 rings (SSSR count). The van der Waals surface area contributed by atoms with Gasteiger partial charge >= 0.3 is 5.97 Å². The number of hydrogen-bond donors (Lipinski definition) is 4. The zero-order chi connectivity index (χ0) is 15.6. The van der Waals surface area contributed by atoms with Crippen LogP contribution in [0.5, 0.6) is 11.5 Å². The molecule has 0 heterocycles. The number of phenolic OH excluding ortho intramolecular Hbond substituents is 2. The van der Waals surface area contributed by atoms with Gasteiger partial charge in [-0.15, -0.1) is 0 Å². The predicted molar refractivity (Wildman–Crippen MR) is 59.3 cm³/mol. The monoisotopic (exact) mass is 244 g/mol. The average molecular weight is 244 g/mol. The van der Waals surface area contributed by atoms with Crippen molar-refractivity contribution in [3.63, 3.8) is 0 Å². The van der Waals surface area contributed by atoms with E-state index in [-0.39, 0.29) is 12.2 Å². The Kier molecular flexibility index (Phi) is 3.00. The molecule has 0 aromatic heterocycles. The number of benzene rings is 1. The minimum absolute atomic E-state index is 0.0639. The number of ether oxygens (including phenoxy) is 1. The molecular formula is C11H15NO5. The van der Waals surface area contributed by atoms with E-state index >= 15 is 0 Å². The molecule has 6 heteroatoms. The lowest BCUT2D eigenvalue weighted by Crippen LogP contribution is -2.38. The number of carbonyl (C=O) groups excluding carboxylic acids is 1. The molecule has 1 aromatic carbocycles. The summed E-state index contributed by atoms with van der Waals surface area (Å²) >= 11 is 0. The highest BCUT2D eigenvalue weighted by Gasteiger charge is 2.25. The van der Waals surface area contributed by atoms with Crippen molar-refractivity contribution >= 4 is 5.97 Å². The molecule has 0 unspecified atom stereocenters. The molecule has 0 saturated heterocycles. The van der Waals surface area contributed by atoms with Gasteiger partial charge in [0, 0.05) is 0 Å². The zero-order valence-corrected chi connectivity index (χ0v) is 9.14. The highest BCUT2D eigenvalue weighted by atomic mass is 16.5. The van der Waals surface area contributed by atoms with Gasteiger partial charge in [-0.3, -0.25) is 4.79 Å². The first-order valence-electron chi connectivity index (χ1n) is 6.24. The Balaban J connectivity index is 3.32. The summed E-state index contributed by atoms with van der Waals surface area (Å²) < 4.78 is 27.3. The summed E-state index contributed by atoms with van der Waals surface area (Å²) in [6.07, 6.45) is -2.65. The lowest BCUT2D eigenvalue weighted by Gasteiger charge is -2.17. The largest absolute Gasteiger partial charge is 0.504 e. The first kappa shape index (κ1) is 9.26. The SMILES string of the molecule is [2H]O[C@@]([2H])(c1ccc(O)c(O)c1)[C@]([2H])(N)C(=O)OCC. The van der Waals surface area contributed by atoms with Gasteiger partial charge in [0.25, 0.3) is 0 Å². The van der Waals surface area contributed by atoms with Gasteiger partial charge < -0.3 is 25.8 Å². The van der Waals surface area contributed by atoms with Gasteiger partial charge in [-0.1, -0.05) is 6.07 Å². The molecule has 0 aliphatic rings. The van der Waals surface area contributed by atoms with E-state index in [0.29, 0.717) is 0 Å². The van der Waals surface area contributed by atoms with Crippen molar-refractivity contribution in [1.82, 2.24) is 0 Å². The van der Waals surface area contributed by atoms with Crippen LogP contribution >= 0.6 is 0 Å². The van der Waals surface area contributed by atoms with E-state index in [1.54, 1.807) is 0 Å². The van der Waals surface area contributed by atoms with Gasteiger partial charge in [0.2, 0.25) is 1.43 Å². The Morgan fingerprint density at radius 2 is 2.29 bits per heavy atom. The second kappa shape index (κ2) is 5.51. The van der Waals surface area contributed by atoms with E-state index in [4.69, 9.17) is 9.91 Å². The van der Waals surface area contributed by atoms with Crippen molar-refractivity contribution in [3.05, 3.63) is 23.8 Å². The second-order valence-corrected chi connectivity index (χ2v) is 3.17. The van der Waals surface area contributed by atoms with Crippen molar-refractivity contribution < 1.29 is 27.6 Å². The smallest absolute Gasteiger partial charge is 0.325 e. The molecule has 0 fully saturated rings. The van der Waals surface area contributed by atoms with Gasteiger partial charge in [0.05, 0.1) is 9.35 Å². The molecule has 17 heavy (non-hydrogen) atoms. The minimum atomic E-state index is -2.74. The topological polar surface area (TPSA) is 113 Å². The van der Waals surface area contributed by atoms with E-state index in [1.165, 1.54) is 6.92 Å². The molecule has 0 amide bonds. The Morgan fingerprint density at radius 3 is 2.82 bits per heavy atom. The van der Waals surface area contributed by atoms with Crippen LogP contribution < -0.4 is 5.73 Å². The van der Waals surface area contributed by atoms with Gasteiger partial charge in [0.1, 0.15) is 12.1 Å². The molecule has 0 radical (unpaired) electrons. The number of esters is 1. The van der Waals surface area contributed by atoms with Crippen LogP contribution in [-0.2, 0) is 9.53 Å². The van der Waals surface area contributed by atoms with Crippen molar-refractivity contribution in [2.24, 2.45) is 5.73 Å². The highest BCUT2D eigenvalue weighted by molar-refractivity contribution is 5.76. The lowest BCUT2D eigenvalue weighted by molar-refractivity contribution is -0.147. The van der Waals surface area contributed by atoms with Crippen LogP contribution in [0.4, 0.5) is 0 Å². The van der Waals surface area contributed by atoms with E-state index < -0.39 is 29.6 Å². The van der Waals surface area contributed by atoms with Crippen LogP contribution in [-0.4, -0.2) is 35.3 Å². The van der Waals surface area contributed by atoms with Crippen molar-refractivity contribution in [3.8, 4) is 11.5 Å². The van der Waals surface area contributed by atoms with Crippen LogP contribution in [0.1, 0.15) is 21.3 Å². The molecule has 2 atom stereocenters. The van der Waals surface area contributed by atoms with E-state index in [2.05, 4.69) is 9.85 Å². The Hall–Kier alpha value is -1.79. The maximum absolute atomic E-state index is 11.7. The number of aromatic hydroxyl groups is 2. The lowest BCUT2D eigenvalue weighted by atomic mass is 10.0. The van der Waals surface area contributed by atoms with Gasteiger partial charge in [-0.2, -0.15) is 0 Å². The van der Waals surface area contributed by atoms with Crippen molar-refractivity contribution in [1.29, 1.82) is 1.43 Å². The number of hydrogen-bond acceptors (Lipinski definition) is 6. The summed E-state index contributed by atoms with van der Waals surface area (Å²) in [6.45, 7) is 1.43. The normalized spacial score (nSPS) is 20.2. The predicted octanol–water partition coefficient (Wildman–Crippen LogP) is 0.0216. The summed E-state index contributed by atoms with van der Waals surface area (Å²) in [5, 5.41) is 22.8. The Labute approximate surface area is 103 Å². The quantitative estimate of drug-likeness (QED) is 0.429. The molecule has 1 aromatic rings. The maximum Gasteiger partial charge on any atom is 0.325 e. The summed E-state index contributed by atoms with van der Waals surface area (Å²) in [5.41, 5.74) is 5.21. The number of phenols is 2. The third-order valence-electron chi connectivity index (χ3n) is 1.98. The molecule has 5 N–H and O–H groups in total. The van der Waals surface area contributed by atoms with Crippen LogP contribution in [0.2, 0.25) is 0 Å². The third kappa shape index (κ3) is 3.08. The van der Waals surface area contributed by atoms with Gasteiger partial charge in [-0.25, -0.2) is 0 Å². The average Bonchev–Trinajstić information content (AvgIpc) is 2.40. The highest BCUT2D eigenvalue weighted by Crippen LogP contribution is 2.28. The molecule has 0 aliphatic carbocycles. The minimum Gasteiger partial charge on any atom is -0.504 e. The molecule has 6 nitrogen and oxygen atoms in total. The standard InChI is InChI=1S/C11H15NO5/c1-2-17-11(16)9(12)10(15)6-3-4-7(13)8(14)5-6/h3-5,9-10,13-15H,2,12H2,1H3/t9-,10-/m0/s1/i9D,10D,15D. The first-order valence-corrected chi connectivity index (χ1v) is 4.83. The molecular weight excluding hydrogens is 226 g/mol. The summed E-state index contributed by atoms with van der Waals surface area (Å²) in [4.78, 5) is 11.7. The Morgan fingerprint density at radius 1 is 1.59 bits per heavy atom. The molecule has 0 bridgehead atoms. The maximum atomic E-state index is 11.7. The summed E-state index contributed by atoms with van der Waals surface area (Å²) in [5.74, 6) is -2.32. The Bertz CT molecular complexity index is 511. The number of aliphatic hydroxyl groups is 1. The number of carbonyl (C=O) groups is 1. The molecule has 0 spiro atoms. The number of nitrogens with two attached hydrogens (primary N) is 1. The molecule has 0 saturated carbocycles. The fourth-order valence-electron chi connectivity index (χ4n) is 1.12. The fourth-order valence-corrected chi connectivity index (χ4v) is 1.12. The number of rotatable bonds is 5. The van der Waals surface area contributed by atoms with Gasteiger partial charge in [0.15, 0.2) is 11.5 Å². The molecule has 94 valence electrons. The van der Waals surface area contributed by atoms with Crippen molar-refractivity contribution in [2.45, 2.75) is 19.0 Å². The van der Waals surface area contributed by atoms with E-state index in [0.717, 1.165) is 18.2 Å². The first-order chi connectivity index (χ1) is 9.20. The summed E-state index contributed by atoms with van der Waals surface area (Å²) in [6, 6.07) is 0.264. The third-order valence-corrected chi connectivity index (χ3v) is 1.98. The van der Waals surface area contributed by atoms with Gasteiger partial charge in [-0.05, 0) is 24.6 Å². The molecule has 0 aliphatic heterocycles. The van der Waals surface area contributed by atoms with Crippen LogP contribution in [0.15, 0.2) is 18.2 Å². The fraction of sp³-hybridized carbons (Fsp3) is 0.364. The second-order valence-electron chi connectivity index (χ2n) is 3.17. The van der Waals surface area contributed by atoms with Crippen LogP contribution in [0, 0.1) is 0 Å². The van der Waals surface area contributed by atoms with E-state index in [1.807, 2.05) is 0 Å². The van der Waals surface area contributed by atoms with Crippen LogP contribution in [0.3, 0.4) is 0 Å². The summed E-state index contributed by atoms with van der Waals surface area (Å²) in [7, 11) is 0. The zero-order valence-electron chi connectivity index (χ0n) is 12.1. The van der Waals surface area contributed by atoms with E-state index in [9.17, 15) is 15.0 Å². The van der Waals surface area contributed by atoms with Crippen molar-refractivity contribution in [2.75, 3.05) is 6.61 Å².